The number of thiophene rings is 1. The topological polar surface area (TPSA) is 89.1 Å². The van der Waals surface area contributed by atoms with E-state index < -0.39 is 10.8 Å². The molecular weight excluding hydrogens is 609 g/mol. The number of hydrogen-bond acceptors (Lipinski definition) is 7. The number of halogens is 2. The van der Waals surface area contributed by atoms with E-state index in [9.17, 15) is 9.59 Å². The van der Waals surface area contributed by atoms with Gasteiger partial charge in [0.1, 0.15) is 0 Å². The minimum absolute atomic E-state index is 0.0593. The molecule has 43 heavy (non-hydrogen) atoms. The van der Waals surface area contributed by atoms with Gasteiger partial charge in [-0.25, -0.2) is 0 Å². The molecule has 230 valence electrons. The molecule has 11 heteroatoms. The summed E-state index contributed by atoms with van der Waals surface area (Å²) in [5, 5.41) is 9.63. The fourth-order valence-electron chi connectivity index (χ4n) is 6.42. The molecule has 2 N–H and O–H groups in total. The fourth-order valence-corrected chi connectivity index (χ4v) is 7.70. The number of hydrogen-bond donors (Lipinski definition) is 2. The minimum Gasteiger partial charge on any atom is -0.493 e. The van der Waals surface area contributed by atoms with E-state index in [2.05, 4.69) is 16.7 Å². The van der Waals surface area contributed by atoms with E-state index in [0.29, 0.717) is 65.3 Å². The number of piperidine rings is 1. The SMILES string of the molecule is COc1cc(C(=O)N2CCC(CCNC(=O)C3(c4cccs4)CCNCC3)(c3ccc(Cl)c(Cl)c3)C2)cc(OC)c1OC. The van der Waals surface area contributed by atoms with Gasteiger partial charge in [-0.1, -0.05) is 35.3 Å². The number of carbonyl (C=O) groups is 2. The van der Waals surface area contributed by atoms with Crippen molar-refractivity contribution >= 4 is 46.4 Å². The Kier molecular flexibility index (Phi) is 9.76. The van der Waals surface area contributed by atoms with Crippen LogP contribution in [0.15, 0.2) is 47.8 Å². The van der Waals surface area contributed by atoms with E-state index in [-0.39, 0.29) is 11.8 Å². The first-order chi connectivity index (χ1) is 20.8. The zero-order chi connectivity index (χ0) is 30.6. The van der Waals surface area contributed by atoms with E-state index in [4.69, 9.17) is 37.4 Å². The molecule has 3 heterocycles. The second-order valence-electron chi connectivity index (χ2n) is 11.1. The molecule has 2 aliphatic rings. The summed E-state index contributed by atoms with van der Waals surface area (Å²) in [6.07, 6.45) is 2.86. The van der Waals surface area contributed by atoms with Gasteiger partial charge in [-0.15, -0.1) is 11.3 Å². The van der Waals surface area contributed by atoms with Crippen molar-refractivity contribution in [1.29, 1.82) is 0 Å². The molecular formula is C32H37Cl2N3O5S. The number of carbonyl (C=O) groups excluding carboxylic acids is 2. The fraction of sp³-hybridized carbons (Fsp3) is 0.438. The number of benzene rings is 2. The molecule has 1 atom stereocenters. The Balaban J connectivity index is 1.38. The van der Waals surface area contributed by atoms with Crippen LogP contribution in [0.5, 0.6) is 17.2 Å². The third kappa shape index (κ3) is 6.18. The number of rotatable bonds is 10. The van der Waals surface area contributed by atoms with Crippen molar-refractivity contribution in [3.8, 4) is 17.2 Å². The van der Waals surface area contributed by atoms with Gasteiger partial charge in [0, 0.05) is 35.5 Å². The zero-order valence-electron chi connectivity index (χ0n) is 24.6. The maximum absolute atomic E-state index is 13.8. The first kappa shape index (κ1) is 31.4. The van der Waals surface area contributed by atoms with Crippen LogP contribution in [0.4, 0.5) is 0 Å². The molecule has 8 nitrogen and oxygen atoms in total. The lowest BCUT2D eigenvalue weighted by Gasteiger charge is -2.36. The van der Waals surface area contributed by atoms with Gasteiger partial charge in [0.2, 0.25) is 11.7 Å². The summed E-state index contributed by atoms with van der Waals surface area (Å²) in [5.41, 5.74) is 0.477. The highest BCUT2D eigenvalue weighted by atomic mass is 35.5. The quantitative estimate of drug-likeness (QED) is 0.294. The van der Waals surface area contributed by atoms with Crippen molar-refractivity contribution in [2.45, 2.75) is 36.5 Å². The summed E-state index contributed by atoms with van der Waals surface area (Å²) < 4.78 is 16.4. The average Bonchev–Trinajstić information content (AvgIpc) is 3.73. The Labute approximate surface area is 266 Å². The van der Waals surface area contributed by atoms with Gasteiger partial charge in [-0.05, 0) is 80.0 Å². The van der Waals surface area contributed by atoms with Crippen molar-refractivity contribution in [3.05, 3.63) is 73.9 Å². The lowest BCUT2D eigenvalue weighted by molar-refractivity contribution is -0.127. The lowest BCUT2D eigenvalue weighted by Crippen LogP contribution is -2.51. The van der Waals surface area contributed by atoms with Crippen LogP contribution in [0.1, 0.15) is 46.5 Å². The molecule has 2 fully saturated rings. The Morgan fingerprint density at radius 1 is 0.977 bits per heavy atom. The van der Waals surface area contributed by atoms with Crippen LogP contribution in [0.25, 0.3) is 0 Å². The Morgan fingerprint density at radius 2 is 1.70 bits per heavy atom. The molecule has 0 aliphatic carbocycles. The highest BCUT2D eigenvalue weighted by molar-refractivity contribution is 7.10. The Hall–Kier alpha value is -2.98. The monoisotopic (exact) mass is 645 g/mol. The van der Waals surface area contributed by atoms with Crippen LogP contribution in [0, 0.1) is 0 Å². The molecule has 0 saturated carbocycles. The summed E-state index contributed by atoms with van der Waals surface area (Å²) >= 11 is 14.4. The van der Waals surface area contributed by atoms with E-state index in [1.807, 2.05) is 28.5 Å². The summed E-state index contributed by atoms with van der Waals surface area (Å²) in [6, 6.07) is 13.1. The van der Waals surface area contributed by atoms with Gasteiger partial charge in [0.15, 0.2) is 11.5 Å². The van der Waals surface area contributed by atoms with Crippen LogP contribution >= 0.6 is 34.5 Å². The molecule has 2 aromatic carbocycles. The number of methoxy groups -OCH3 is 3. The van der Waals surface area contributed by atoms with Crippen LogP contribution in [0.3, 0.4) is 0 Å². The number of likely N-dealkylation sites (tertiary alicyclic amines) is 1. The van der Waals surface area contributed by atoms with Gasteiger partial charge in [0.05, 0.1) is 36.8 Å². The second-order valence-corrected chi connectivity index (χ2v) is 12.9. The Bertz CT molecular complexity index is 1440. The van der Waals surface area contributed by atoms with Gasteiger partial charge >= 0.3 is 0 Å². The number of amides is 2. The predicted octanol–water partition coefficient (Wildman–Crippen LogP) is 5.69. The van der Waals surface area contributed by atoms with Crippen molar-refractivity contribution in [2.75, 3.05) is 54.1 Å². The van der Waals surface area contributed by atoms with Crippen molar-refractivity contribution < 1.29 is 23.8 Å². The molecule has 2 aliphatic heterocycles. The Morgan fingerprint density at radius 3 is 2.30 bits per heavy atom. The van der Waals surface area contributed by atoms with Gasteiger partial charge in [0.25, 0.3) is 5.91 Å². The first-order valence-electron chi connectivity index (χ1n) is 14.3. The molecule has 0 spiro atoms. The van der Waals surface area contributed by atoms with Crippen LogP contribution in [-0.2, 0) is 15.6 Å². The van der Waals surface area contributed by atoms with Gasteiger partial charge < -0.3 is 29.7 Å². The van der Waals surface area contributed by atoms with Gasteiger partial charge in [-0.2, -0.15) is 0 Å². The van der Waals surface area contributed by atoms with Crippen LogP contribution < -0.4 is 24.8 Å². The van der Waals surface area contributed by atoms with Crippen molar-refractivity contribution in [1.82, 2.24) is 15.5 Å². The second kappa shape index (κ2) is 13.3. The summed E-state index contributed by atoms with van der Waals surface area (Å²) in [5.74, 6) is 1.18. The smallest absolute Gasteiger partial charge is 0.254 e. The molecule has 2 saturated heterocycles. The van der Waals surface area contributed by atoms with E-state index >= 15 is 0 Å². The first-order valence-corrected chi connectivity index (χ1v) is 16.0. The summed E-state index contributed by atoms with van der Waals surface area (Å²) in [7, 11) is 4.58. The third-order valence-electron chi connectivity index (χ3n) is 8.86. The average molecular weight is 647 g/mol. The van der Waals surface area contributed by atoms with Crippen molar-refractivity contribution in [3.63, 3.8) is 0 Å². The number of nitrogens with zero attached hydrogens (tertiary/aromatic N) is 1. The number of ether oxygens (including phenoxy) is 3. The molecule has 0 radical (unpaired) electrons. The van der Waals surface area contributed by atoms with Crippen molar-refractivity contribution in [2.24, 2.45) is 0 Å². The highest BCUT2D eigenvalue weighted by Crippen LogP contribution is 2.43. The van der Waals surface area contributed by atoms with E-state index in [1.54, 1.807) is 29.5 Å². The maximum atomic E-state index is 13.8. The molecule has 3 aromatic rings. The maximum Gasteiger partial charge on any atom is 0.254 e. The summed E-state index contributed by atoms with van der Waals surface area (Å²) in [6.45, 7) is 3.06. The van der Waals surface area contributed by atoms with Crippen LogP contribution in [-0.4, -0.2) is 70.8 Å². The summed E-state index contributed by atoms with van der Waals surface area (Å²) in [4.78, 5) is 30.6. The van der Waals surface area contributed by atoms with E-state index in [1.165, 1.54) is 21.3 Å². The number of nitrogens with one attached hydrogen (secondary N) is 2. The molecule has 1 aromatic heterocycles. The lowest BCUT2D eigenvalue weighted by atomic mass is 9.75. The van der Waals surface area contributed by atoms with Crippen LogP contribution in [0.2, 0.25) is 10.0 Å². The molecule has 5 rings (SSSR count). The zero-order valence-corrected chi connectivity index (χ0v) is 27.0. The third-order valence-corrected chi connectivity index (χ3v) is 10.7. The largest absolute Gasteiger partial charge is 0.493 e. The molecule has 0 bridgehead atoms. The predicted molar refractivity (Wildman–Crippen MR) is 170 cm³/mol. The normalized spacial score (nSPS) is 19.6. The standard InChI is InChI=1S/C32H37Cl2N3O5S/c1-40-25-17-21(18-26(41-2)28(25)42-3)29(38)37-15-11-31(20-37,22-6-7-23(33)24(34)19-22)8-14-36-30(39)32(9-12-35-13-10-32)27-5-4-16-43-27/h4-7,16-19,35H,8-15,20H2,1-3H3,(H,36,39). The molecule has 2 amide bonds. The molecule has 1 unspecified atom stereocenters. The van der Waals surface area contributed by atoms with Gasteiger partial charge in [-0.3, -0.25) is 9.59 Å². The minimum atomic E-state index is -0.527. The highest BCUT2D eigenvalue weighted by Gasteiger charge is 2.44. The van der Waals surface area contributed by atoms with E-state index in [0.717, 1.165) is 36.4 Å².